The van der Waals surface area contributed by atoms with Crippen LogP contribution in [0.2, 0.25) is 0 Å². The highest BCUT2D eigenvalue weighted by Gasteiger charge is 2.32. The number of nitrogens with one attached hydrogen (secondary N) is 1. The molecule has 0 atom stereocenters. The highest BCUT2D eigenvalue weighted by Crippen LogP contribution is 2.31. The lowest BCUT2D eigenvalue weighted by Gasteiger charge is -2.18. The molecule has 3 rings (SSSR count). The number of halogens is 3. The van der Waals surface area contributed by atoms with Crippen LogP contribution in [0.15, 0.2) is 42.5 Å². The maximum Gasteiger partial charge on any atom is 0.276 e. The molecule has 0 spiro atoms. The first-order valence-corrected chi connectivity index (χ1v) is 7.63. The van der Waals surface area contributed by atoms with Crippen LogP contribution in [0.1, 0.15) is 31.8 Å². The first-order chi connectivity index (χ1) is 10.8. The van der Waals surface area contributed by atoms with E-state index in [0.29, 0.717) is 11.1 Å². The number of rotatable bonds is 1. The van der Waals surface area contributed by atoms with Crippen molar-refractivity contribution < 1.29 is 14.4 Å². The summed E-state index contributed by atoms with van der Waals surface area (Å²) in [6.45, 7) is 0. The van der Waals surface area contributed by atoms with Gasteiger partial charge >= 0.3 is 0 Å². The maximum absolute atomic E-state index is 12.5. The molecule has 1 N–H and O–H groups in total. The van der Waals surface area contributed by atoms with Gasteiger partial charge in [-0.05, 0) is 18.2 Å². The van der Waals surface area contributed by atoms with E-state index in [2.05, 4.69) is 5.32 Å². The van der Waals surface area contributed by atoms with Crippen LogP contribution in [0.25, 0.3) is 0 Å². The minimum Gasteiger partial charge on any atom is -0.322 e. The summed E-state index contributed by atoms with van der Waals surface area (Å²) in [4.78, 5) is 36.7. The Balaban J connectivity index is 2.02. The van der Waals surface area contributed by atoms with E-state index in [9.17, 15) is 14.4 Å². The number of amides is 1. The molecule has 0 unspecified atom stereocenters. The molecule has 0 saturated heterocycles. The van der Waals surface area contributed by atoms with Gasteiger partial charge in [-0.2, -0.15) is 0 Å². The molecule has 23 heavy (non-hydrogen) atoms. The monoisotopic (exact) mass is 367 g/mol. The molecule has 2 aromatic rings. The van der Waals surface area contributed by atoms with Gasteiger partial charge in [0.2, 0.25) is 0 Å². The molecule has 1 aliphatic rings. The van der Waals surface area contributed by atoms with E-state index in [-0.39, 0.29) is 28.4 Å². The molecule has 0 radical (unpaired) electrons. The van der Waals surface area contributed by atoms with Gasteiger partial charge in [-0.15, -0.1) is 0 Å². The van der Waals surface area contributed by atoms with E-state index in [1.807, 2.05) is 0 Å². The summed E-state index contributed by atoms with van der Waals surface area (Å²) in [6.07, 6.45) is 0. The Labute approximate surface area is 146 Å². The van der Waals surface area contributed by atoms with Gasteiger partial charge in [-0.3, -0.25) is 14.4 Å². The van der Waals surface area contributed by atoms with Crippen molar-refractivity contribution in [3.63, 3.8) is 0 Å². The summed E-state index contributed by atoms with van der Waals surface area (Å²) < 4.78 is -2.12. The third kappa shape index (κ3) is 2.85. The molecular formula is C16H8Cl3NO3. The van der Waals surface area contributed by atoms with E-state index in [4.69, 9.17) is 34.8 Å². The zero-order valence-corrected chi connectivity index (χ0v) is 13.7. The number of fused-ring (bicyclic) bond motifs is 2. The van der Waals surface area contributed by atoms with E-state index < -0.39 is 9.70 Å². The van der Waals surface area contributed by atoms with E-state index >= 15 is 0 Å². The third-order valence-electron chi connectivity index (χ3n) is 3.44. The second-order valence-electron chi connectivity index (χ2n) is 4.92. The number of anilines is 1. The van der Waals surface area contributed by atoms with Gasteiger partial charge in [0, 0.05) is 27.9 Å². The van der Waals surface area contributed by atoms with Crippen molar-refractivity contribution in [1.82, 2.24) is 0 Å². The minimum atomic E-state index is -2.12. The summed E-state index contributed by atoms with van der Waals surface area (Å²) in [5.74, 6) is -1.38. The number of alkyl halides is 3. The zero-order chi connectivity index (χ0) is 16.8. The van der Waals surface area contributed by atoms with E-state index in [1.54, 1.807) is 24.3 Å². The second-order valence-corrected chi connectivity index (χ2v) is 7.20. The Morgan fingerprint density at radius 1 is 0.826 bits per heavy atom. The average molecular weight is 369 g/mol. The number of hydrogen-bond donors (Lipinski definition) is 1. The molecule has 4 nitrogen and oxygen atoms in total. The lowest BCUT2D eigenvalue weighted by molar-refractivity contribution is -0.115. The Morgan fingerprint density at radius 2 is 1.35 bits per heavy atom. The molecule has 0 saturated carbocycles. The zero-order valence-electron chi connectivity index (χ0n) is 11.4. The summed E-state index contributed by atoms with van der Waals surface area (Å²) in [6, 6.07) is 10.9. The van der Waals surface area contributed by atoms with Crippen molar-refractivity contribution in [3.05, 3.63) is 64.7 Å². The Kier molecular flexibility index (Phi) is 3.92. The molecule has 0 aromatic heterocycles. The van der Waals surface area contributed by atoms with Crippen LogP contribution in [-0.4, -0.2) is 21.3 Å². The fraction of sp³-hybridized carbons (Fsp3) is 0.0625. The third-order valence-corrected chi connectivity index (χ3v) is 3.96. The standard InChI is InChI=1S/C16H8Cl3NO3/c17-16(18,19)15(23)20-8-5-6-11-12(7-8)14(22)10-4-2-1-3-9(10)13(11)21/h1-7H,(H,20,23). The number of carbonyl (C=O) groups is 3. The Bertz CT molecular complexity index is 856. The van der Waals surface area contributed by atoms with Crippen molar-refractivity contribution in [2.24, 2.45) is 0 Å². The van der Waals surface area contributed by atoms with Crippen LogP contribution in [0, 0.1) is 0 Å². The highest BCUT2D eigenvalue weighted by molar-refractivity contribution is 6.76. The normalized spacial score (nSPS) is 13.3. The van der Waals surface area contributed by atoms with E-state index in [0.717, 1.165) is 0 Å². The van der Waals surface area contributed by atoms with Crippen molar-refractivity contribution in [1.29, 1.82) is 0 Å². The van der Waals surface area contributed by atoms with Gasteiger partial charge in [-0.25, -0.2) is 0 Å². The van der Waals surface area contributed by atoms with Crippen LogP contribution in [0.5, 0.6) is 0 Å². The molecular weight excluding hydrogens is 361 g/mol. The van der Waals surface area contributed by atoms with Gasteiger partial charge in [0.15, 0.2) is 11.6 Å². The topological polar surface area (TPSA) is 63.2 Å². The summed E-state index contributed by atoms with van der Waals surface area (Å²) in [5.41, 5.74) is 1.44. The Morgan fingerprint density at radius 3 is 1.91 bits per heavy atom. The van der Waals surface area contributed by atoms with Gasteiger partial charge in [0.05, 0.1) is 0 Å². The first kappa shape index (κ1) is 16.0. The van der Waals surface area contributed by atoms with Crippen LogP contribution in [0.4, 0.5) is 5.69 Å². The number of benzene rings is 2. The maximum atomic E-state index is 12.5. The average Bonchev–Trinajstić information content (AvgIpc) is 2.51. The number of ketones is 2. The fourth-order valence-electron chi connectivity index (χ4n) is 2.38. The lowest BCUT2D eigenvalue weighted by atomic mass is 9.84. The molecule has 1 aliphatic carbocycles. The molecule has 0 bridgehead atoms. The molecule has 7 heteroatoms. The molecule has 2 aromatic carbocycles. The van der Waals surface area contributed by atoms with Crippen molar-refractivity contribution >= 4 is 58.0 Å². The summed E-state index contributed by atoms with van der Waals surface area (Å²) in [7, 11) is 0. The van der Waals surface area contributed by atoms with Gasteiger partial charge in [-0.1, -0.05) is 59.1 Å². The molecule has 0 heterocycles. The van der Waals surface area contributed by atoms with Crippen molar-refractivity contribution in [3.8, 4) is 0 Å². The number of hydrogen-bond acceptors (Lipinski definition) is 3. The lowest BCUT2D eigenvalue weighted by Crippen LogP contribution is -2.27. The summed E-state index contributed by atoms with van der Waals surface area (Å²) >= 11 is 16.5. The fourth-order valence-corrected chi connectivity index (χ4v) is 2.52. The van der Waals surface area contributed by atoms with Crippen LogP contribution < -0.4 is 5.32 Å². The van der Waals surface area contributed by atoms with Crippen molar-refractivity contribution in [2.75, 3.05) is 5.32 Å². The predicted molar refractivity (Wildman–Crippen MR) is 88.7 cm³/mol. The first-order valence-electron chi connectivity index (χ1n) is 6.49. The quantitative estimate of drug-likeness (QED) is 0.665. The van der Waals surface area contributed by atoms with E-state index in [1.165, 1.54) is 18.2 Å². The van der Waals surface area contributed by atoms with Crippen LogP contribution in [-0.2, 0) is 4.79 Å². The Hall–Kier alpha value is -1.88. The SMILES string of the molecule is O=C1c2ccccc2C(=O)c2cc(NC(=O)C(Cl)(Cl)Cl)ccc21. The molecule has 116 valence electrons. The number of carbonyl (C=O) groups excluding carboxylic acids is 3. The minimum absolute atomic E-state index is 0.204. The molecule has 1 amide bonds. The summed E-state index contributed by atoms with van der Waals surface area (Å²) in [5, 5.41) is 2.39. The largest absolute Gasteiger partial charge is 0.322 e. The van der Waals surface area contributed by atoms with Crippen molar-refractivity contribution in [2.45, 2.75) is 3.79 Å². The van der Waals surface area contributed by atoms with Crippen LogP contribution >= 0.6 is 34.8 Å². The highest BCUT2D eigenvalue weighted by atomic mass is 35.6. The van der Waals surface area contributed by atoms with Crippen LogP contribution in [0.3, 0.4) is 0 Å². The van der Waals surface area contributed by atoms with Gasteiger partial charge in [0.25, 0.3) is 9.70 Å². The predicted octanol–water partition coefficient (Wildman–Crippen LogP) is 3.77. The smallest absolute Gasteiger partial charge is 0.276 e. The molecule has 0 aliphatic heterocycles. The molecule has 0 fully saturated rings. The van der Waals surface area contributed by atoms with Gasteiger partial charge < -0.3 is 5.32 Å². The van der Waals surface area contributed by atoms with Gasteiger partial charge in [0.1, 0.15) is 0 Å². The second kappa shape index (κ2) is 5.64.